The van der Waals surface area contributed by atoms with E-state index in [0.29, 0.717) is 12.6 Å². The van der Waals surface area contributed by atoms with Crippen molar-refractivity contribution in [1.82, 2.24) is 24.8 Å². The van der Waals surface area contributed by atoms with Crippen molar-refractivity contribution in [3.8, 4) is 0 Å². The summed E-state index contributed by atoms with van der Waals surface area (Å²) >= 11 is 0. The van der Waals surface area contributed by atoms with Crippen LogP contribution in [0.15, 0.2) is 24.9 Å². The molecule has 2 atom stereocenters. The molecule has 2 aliphatic rings. The Kier molecular flexibility index (Phi) is 3.55. The van der Waals surface area contributed by atoms with Crippen molar-refractivity contribution < 1.29 is 18.0 Å². The number of carbonyl (C=O) groups is 1. The molecule has 2 bridgehead atoms. The number of urea groups is 1. The van der Waals surface area contributed by atoms with Crippen LogP contribution in [0, 0.1) is 0 Å². The summed E-state index contributed by atoms with van der Waals surface area (Å²) in [5.41, 5.74) is 0.764. The van der Waals surface area contributed by atoms with Crippen molar-refractivity contribution in [1.29, 1.82) is 0 Å². The minimum atomic E-state index is -4.56. The van der Waals surface area contributed by atoms with Crippen LogP contribution in [0.1, 0.15) is 35.8 Å². The number of nitrogens with one attached hydrogen (secondary N) is 1. The number of nitrogens with zero attached hydrogens (tertiary/aromatic N) is 5. The lowest BCUT2D eigenvalue weighted by molar-refractivity contribution is -0.141. The normalized spacial score (nSPS) is 21.8. The number of anilines is 1. The first-order valence-corrected chi connectivity index (χ1v) is 7.71. The molecule has 0 aliphatic carbocycles. The van der Waals surface area contributed by atoms with E-state index >= 15 is 0 Å². The molecule has 0 unspecified atom stereocenters. The van der Waals surface area contributed by atoms with E-state index in [1.54, 1.807) is 11.1 Å². The molecular weight excluding hydrogens is 337 g/mol. The molecule has 4 heterocycles. The fraction of sp³-hybridized carbons (Fsp3) is 0.400. The minimum Gasteiger partial charge on any atom is -0.314 e. The van der Waals surface area contributed by atoms with Crippen molar-refractivity contribution >= 4 is 11.8 Å². The Morgan fingerprint density at radius 2 is 2.00 bits per heavy atom. The maximum Gasteiger partial charge on any atom is 0.434 e. The SMILES string of the molecule is O=C(Nc1cnc(C(F)(F)F)cn1)N1[C@@H]2CC[C@H]1c1cncnc1C2. The average molecular weight is 350 g/mol. The molecule has 1 saturated heterocycles. The molecule has 0 saturated carbocycles. The molecule has 4 rings (SSSR count). The van der Waals surface area contributed by atoms with Gasteiger partial charge in [0.15, 0.2) is 11.5 Å². The number of fused-ring (bicyclic) bond motifs is 4. The predicted molar refractivity (Wildman–Crippen MR) is 79.4 cm³/mol. The van der Waals surface area contributed by atoms with Crippen LogP contribution in [0.3, 0.4) is 0 Å². The number of carbonyl (C=O) groups excluding carboxylic acids is 1. The van der Waals surface area contributed by atoms with E-state index in [2.05, 4.69) is 25.3 Å². The first kappa shape index (κ1) is 15.7. The summed E-state index contributed by atoms with van der Waals surface area (Å²) in [6.45, 7) is 0. The number of aromatic nitrogens is 4. The van der Waals surface area contributed by atoms with Gasteiger partial charge in [-0.05, 0) is 12.8 Å². The summed E-state index contributed by atoms with van der Waals surface area (Å²) in [5, 5.41) is 2.53. The third kappa shape index (κ3) is 2.77. The fourth-order valence-electron chi connectivity index (χ4n) is 3.45. The summed E-state index contributed by atoms with van der Waals surface area (Å²) in [5.74, 6) is -0.0208. The Labute approximate surface area is 140 Å². The monoisotopic (exact) mass is 350 g/mol. The Hall–Kier alpha value is -2.78. The van der Waals surface area contributed by atoms with Crippen molar-refractivity contribution in [2.75, 3.05) is 5.32 Å². The molecule has 2 aromatic rings. The second kappa shape index (κ2) is 5.64. The topological polar surface area (TPSA) is 83.9 Å². The van der Waals surface area contributed by atoms with E-state index in [1.807, 2.05) is 0 Å². The number of amides is 2. The third-order valence-electron chi connectivity index (χ3n) is 4.53. The fourth-order valence-corrected chi connectivity index (χ4v) is 3.45. The van der Waals surface area contributed by atoms with Gasteiger partial charge in [0.05, 0.1) is 24.1 Å². The van der Waals surface area contributed by atoms with Gasteiger partial charge < -0.3 is 4.90 Å². The molecule has 7 nitrogen and oxygen atoms in total. The lowest BCUT2D eigenvalue weighted by atomic mass is 10.00. The molecule has 0 spiro atoms. The van der Waals surface area contributed by atoms with Crippen LogP contribution in [0.2, 0.25) is 0 Å². The second-order valence-corrected chi connectivity index (χ2v) is 6.00. The number of hydrogen-bond acceptors (Lipinski definition) is 5. The maximum atomic E-state index is 12.6. The van der Waals surface area contributed by atoms with Crippen molar-refractivity contribution in [3.05, 3.63) is 41.9 Å². The highest BCUT2D eigenvalue weighted by Gasteiger charge is 2.43. The largest absolute Gasteiger partial charge is 0.434 e. The summed E-state index contributed by atoms with van der Waals surface area (Å²) in [6.07, 6.45) is 2.43. The highest BCUT2D eigenvalue weighted by molar-refractivity contribution is 5.89. The zero-order valence-electron chi connectivity index (χ0n) is 12.9. The summed E-state index contributed by atoms with van der Waals surface area (Å²) in [6, 6.07) is -0.525. The molecule has 2 aliphatic heterocycles. The molecular formula is C15H13F3N6O. The summed E-state index contributed by atoms with van der Waals surface area (Å²) in [4.78, 5) is 29.5. The molecule has 1 N–H and O–H groups in total. The Bertz CT molecular complexity index is 810. The quantitative estimate of drug-likeness (QED) is 0.855. The number of alkyl halides is 3. The minimum absolute atomic E-state index is 0.00908. The van der Waals surface area contributed by atoms with E-state index in [9.17, 15) is 18.0 Å². The molecule has 0 radical (unpaired) electrons. The van der Waals surface area contributed by atoms with Gasteiger partial charge in [0.1, 0.15) is 6.33 Å². The van der Waals surface area contributed by atoms with Crippen LogP contribution in [-0.4, -0.2) is 36.9 Å². The van der Waals surface area contributed by atoms with Crippen molar-refractivity contribution in [3.63, 3.8) is 0 Å². The molecule has 130 valence electrons. The van der Waals surface area contributed by atoms with Gasteiger partial charge >= 0.3 is 12.2 Å². The Balaban J connectivity index is 1.53. The van der Waals surface area contributed by atoms with E-state index in [4.69, 9.17) is 0 Å². The molecule has 1 fully saturated rings. The highest BCUT2D eigenvalue weighted by atomic mass is 19.4. The average Bonchev–Trinajstić information content (AvgIpc) is 2.90. The first-order chi connectivity index (χ1) is 11.9. The number of rotatable bonds is 1. The summed E-state index contributed by atoms with van der Waals surface area (Å²) in [7, 11) is 0. The van der Waals surface area contributed by atoms with Crippen LogP contribution in [-0.2, 0) is 12.6 Å². The van der Waals surface area contributed by atoms with E-state index in [0.717, 1.165) is 30.3 Å². The Morgan fingerprint density at radius 3 is 2.72 bits per heavy atom. The molecule has 2 aromatic heterocycles. The highest BCUT2D eigenvalue weighted by Crippen LogP contribution is 2.42. The first-order valence-electron chi connectivity index (χ1n) is 7.71. The van der Waals surface area contributed by atoms with Gasteiger partial charge in [-0.15, -0.1) is 0 Å². The van der Waals surface area contributed by atoms with Crippen molar-refractivity contribution in [2.24, 2.45) is 0 Å². The maximum absolute atomic E-state index is 12.6. The van der Waals surface area contributed by atoms with Gasteiger partial charge in [-0.25, -0.2) is 24.7 Å². The van der Waals surface area contributed by atoms with Crippen molar-refractivity contribution in [2.45, 2.75) is 37.5 Å². The van der Waals surface area contributed by atoms with Gasteiger partial charge in [0, 0.05) is 24.2 Å². The number of halogens is 3. The number of hydrogen-bond donors (Lipinski definition) is 1. The Morgan fingerprint density at radius 1 is 1.16 bits per heavy atom. The van der Waals surface area contributed by atoms with Gasteiger partial charge in [-0.3, -0.25) is 5.32 Å². The van der Waals surface area contributed by atoms with Crippen LogP contribution in [0.5, 0.6) is 0 Å². The summed E-state index contributed by atoms with van der Waals surface area (Å²) < 4.78 is 37.5. The lowest BCUT2D eigenvalue weighted by Crippen LogP contribution is -2.44. The molecule has 25 heavy (non-hydrogen) atoms. The third-order valence-corrected chi connectivity index (χ3v) is 4.53. The van der Waals surface area contributed by atoms with Gasteiger partial charge in [-0.2, -0.15) is 13.2 Å². The van der Waals surface area contributed by atoms with Crippen LogP contribution >= 0.6 is 0 Å². The van der Waals surface area contributed by atoms with E-state index < -0.39 is 17.9 Å². The smallest absolute Gasteiger partial charge is 0.314 e. The molecule has 10 heteroatoms. The molecule has 0 aromatic carbocycles. The van der Waals surface area contributed by atoms with Crippen LogP contribution < -0.4 is 5.32 Å². The van der Waals surface area contributed by atoms with Gasteiger partial charge in [0.25, 0.3) is 0 Å². The second-order valence-electron chi connectivity index (χ2n) is 6.00. The molecule has 2 amide bonds. The lowest BCUT2D eigenvalue weighted by Gasteiger charge is -2.35. The predicted octanol–water partition coefficient (Wildman–Crippen LogP) is 2.58. The standard InChI is InChI=1S/C15H13F3N6O/c16-15(17,18)12-5-21-13(6-20-12)23-14(25)24-8-1-2-11(24)9-4-19-7-22-10(9)3-8/h4-8,11H,1-3H2,(H,21,23,25)/t8-,11+/m1/s1. The zero-order valence-corrected chi connectivity index (χ0v) is 12.9. The van der Waals surface area contributed by atoms with E-state index in [-0.39, 0.29) is 17.9 Å². The van der Waals surface area contributed by atoms with Crippen LogP contribution in [0.25, 0.3) is 0 Å². The van der Waals surface area contributed by atoms with Gasteiger partial charge in [-0.1, -0.05) is 0 Å². The zero-order chi connectivity index (χ0) is 17.6. The van der Waals surface area contributed by atoms with Gasteiger partial charge in [0.2, 0.25) is 0 Å². The van der Waals surface area contributed by atoms with Crippen LogP contribution in [0.4, 0.5) is 23.8 Å². The van der Waals surface area contributed by atoms with E-state index in [1.165, 1.54) is 6.33 Å².